The molecule has 0 saturated heterocycles. The van der Waals surface area contributed by atoms with Crippen LogP contribution in [0.2, 0.25) is 0 Å². The van der Waals surface area contributed by atoms with Crippen molar-refractivity contribution < 1.29 is 14.3 Å². The molecule has 0 saturated carbocycles. The zero-order chi connectivity index (χ0) is 26.9. The van der Waals surface area contributed by atoms with Gasteiger partial charge in [-0.2, -0.15) is 5.10 Å². The van der Waals surface area contributed by atoms with Crippen LogP contribution in [0, 0.1) is 13.8 Å². The molecular formula is C31H32N4O3. The van der Waals surface area contributed by atoms with Gasteiger partial charge in [0.15, 0.2) is 0 Å². The number of aromatic nitrogens is 1. The molecule has 38 heavy (non-hydrogen) atoms. The molecule has 0 aliphatic rings. The number of rotatable bonds is 10. The van der Waals surface area contributed by atoms with Crippen LogP contribution in [0.4, 0.5) is 0 Å². The lowest BCUT2D eigenvalue weighted by Gasteiger charge is -2.18. The molecule has 194 valence electrons. The molecule has 0 spiro atoms. The number of hydrogen-bond acceptors (Lipinski definition) is 4. The molecule has 7 nitrogen and oxygen atoms in total. The molecule has 0 aliphatic heterocycles. The summed E-state index contributed by atoms with van der Waals surface area (Å²) in [5, 5.41) is 7.18. The van der Waals surface area contributed by atoms with Gasteiger partial charge in [-0.3, -0.25) is 9.59 Å². The number of hydrogen-bond donors (Lipinski definition) is 2. The molecule has 0 fully saturated rings. The second kappa shape index (κ2) is 12.5. The van der Waals surface area contributed by atoms with Crippen LogP contribution in [0.3, 0.4) is 0 Å². The molecule has 0 aliphatic carbocycles. The van der Waals surface area contributed by atoms with Crippen molar-refractivity contribution in [1.82, 2.24) is 15.3 Å². The van der Waals surface area contributed by atoms with Crippen molar-refractivity contribution >= 4 is 18.0 Å². The van der Waals surface area contributed by atoms with E-state index in [0.717, 1.165) is 34.0 Å². The van der Waals surface area contributed by atoms with Crippen molar-refractivity contribution in [2.75, 3.05) is 6.61 Å². The fraction of sp³-hybridized carbons (Fsp3) is 0.194. The van der Waals surface area contributed by atoms with E-state index >= 15 is 0 Å². The number of carbonyl (C=O) groups is 2. The molecule has 7 heteroatoms. The van der Waals surface area contributed by atoms with Crippen molar-refractivity contribution in [3.63, 3.8) is 0 Å². The summed E-state index contributed by atoms with van der Waals surface area (Å²) in [4.78, 5) is 25.6. The molecule has 3 aromatic carbocycles. The number of amides is 2. The molecule has 1 atom stereocenters. The minimum atomic E-state index is -0.496. The van der Waals surface area contributed by atoms with Gasteiger partial charge in [0.1, 0.15) is 5.75 Å². The molecule has 0 bridgehead atoms. The Bertz CT molecular complexity index is 1390. The van der Waals surface area contributed by atoms with E-state index in [0.29, 0.717) is 12.2 Å². The number of benzene rings is 3. The van der Waals surface area contributed by atoms with Crippen molar-refractivity contribution in [3.05, 3.63) is 119 Å². The summed E-state index contributed by atoms with van der Waals surface area (Å²) in [7, 11) is 0. The van der Waals surface area contributed by atoms with E-state index < -0.39 is 6.04 Å². The molecule has 2 amide bonds. The van der Waals surface area contributed by atoms with Gasteiger partial charge in [-0.1, -0.05) is 48.5 Å². The largest absolute Gasteiger partial charge is 0.494 e. The summed E-state index contributed by atoms with van der Waals surface area (Å²) in [6.45, 7) is 6.62. The quantitative estimate of drug-likeness (QED) is 0.219. The van der Waals surface area contributed by atoms with Crippen LogP contribution in [0.25, 0.3) is 5.69 Å². The zero-order valence-corrected chi connectivity index (χ0v) is 21.8. The Morgan fingerprint density at radius 2 is 1.61 bits per heavy atom. The molecule has 4 aromatic rings. The Morgan fingerprint density at radius 1 is 0.947 bits per heavy atom. The van der Waals surface area contributed by atoms with Gasteiger partial charge in [0.25, 0.3) is 5.91 Å². The van der Waals surface area contributed by atoms with Gasteiger partial charge < -0.3 is 14.6 Å². The molecule has 4 rings (SSSR count). The molecule has 1 aromatic heterocycles. The van der Waals surface area contributed by atoms with E-state index in [-0.39, 0.29) is 18.2 Å². The lowest BCUT2D eigenvalue weighted by molar-refractivity contribution is -0.121. The summed E-state index contributed by atoms with van der Waals surface area (Å²) < 4.78 is 7.67. The minimum absolute atomic E-state index is 0.0468. The predicted molar refractivity (Wildman–Crippen MR) is 150 cm³/mol. The number of ether oxygens (including phenoxy) is 1. The highest BCUT2D eigenvalue weighted by Crippen LogP contribution is 2.22. The molecule has 2 N–H and O–H groups in total. The van der Waals surface area contributed by atoms with Crippen molar-refractivity contribution in [1.29, 1.82) is 0 Å². The Balaban J connectivity index is 1.43. The van der Waals surface area contributed by atoms with E-state index in [9.17, 15) is 9.59 Å². The monoisotopic (exact) mass is 508 g/mol. The van der Waals surface area contributed by atoms with E-state index in [4.69, 9.17) is 4.74 Å². The Kier molecular flexibility index (Phi) is 8.72. The first-order valence-corrected chi connectivity index (χ1v) is 12.6. The van der Waals surface area contributed by atoms with E-state index in [1.54, 1.807) is 30.5 Å². The predicted octanol–water partition coefficient (Wildman–Crippen LogP) is 5.50. The Labute approximate surface area is 223 Å². The highest BCUT2D eigenvalue weighted by atomic mass is 16.5. The van der Waals surface area contributed by atoms with Gasteiger partial charge in [0.05, 0.1) is 25.3 Å². The average Bonchev–Trinajstić information content (AvgIpc) is 3.22. The van der Waals surface area contributed by atoms with Crippen LogP contribution >= 0.6 is 0 Å². The number of aryl methyl sites for hydroxylation is 1. The number of nitrogens with zero attached hydrogens (tertiary/aromatic N) is 2. The van der Waals surface area contributed by atoms with Gasteiger partial charge in [-0.05, 0) is 68.8 Å². The standard InChI is InChI=1S/C31H32N4O3/c1-4-38-28-17-15-27(16-18-28)35-22(2)19-26(23(35)3)21-32-34-30(36)20-29(24-11-7-5-8-12-24)33-31(37)25-13-9-6-10-14-25/h5-19,21,29H,4,20H2,1-3H3,(H,33,37)(H,34,36)/b32-21-/t29-/m0/s1. The third-order valence-corrected chi connectivity index (χ3v) is 6.20. The third kappa shape index (κ3) is 6.56. The minimum Gasteiger partial charge on any atom is -0.494 e. The fourth-order valence-electron chi connectivity index (χ4n) is 4.35. The van der Waals surface area contributed by atoms with Gasteiger partial charge >= 0.3 is 0 Å². The maximum atomic E-state index is 12.8. The average molecular weight is 509 g/mol. The Hall–Kier alpha value is -4.65. The van der Waals surface area contributed by atoms with Crippen LogP contribution in [-0.4, -0.2) is 29.2 Å². The normalized spacial score (nSPS) is 11.8. The first-order valence-electron chi connectivity index (χ1n) is 12.6. The summed E-state index contributed by atoms with van der Waals surface area (Å²) >= 11 is 0. The maximum absolute atomic E-state index is 12.8. The first-order chi connectivity index (χ1) is 18.5. The van der Waals surface area contributed by atoms with Gasteiger partial charge in [0, 0.05) is 28.2 Å². The van der Waals surface area contributed by atoms with E-state index in [1.165, 1.54) is 0 Å². The van der Waals surface area contributed by atoms with Crippen LogP contribution in [0.1, 0.15) is 52.3 Å². The van der Waals surface area contributed by atoms with Crippen LogP contribution in [-0.2, 0) is 4.79 Å². The lowest BCUT2D eigenvalue weighted by Crippen LogP contribution is -2.32. The molecule has 1 heterocycles. The first kappa shape index (κ1) is 26.4. The highest BCUT2D eigenvalue weighted by Gasteiger charge is 2.19. The van der Waals surface area contributed by atoms with Gasteiger partial charge in [0.2, 0.25) is 5.91 Å². The summed E-state index contributed by atoms with van der Waals surface area (Å²) in [6, 6.07) is 27.8. The third-order valence-electron chi connectivity index (χ3n) is 6.20. The van der Waals surface area contributed by atoms with Crippen molar-refractivity contribution in [3.8, 4) is 11.4 Å². The Morgan fingerprint density at radius 3 is 2.26 bits per heavy atom. The smallest absolute Gasteiger partial charge is 0.251 e. The molecule has 0 unspecified atom stereocenters. The van der Waals surface area contributed by atoms with Gasteiger partial charge in [-0.15, -0.1) is 0 Å². The van der Waals surface area contributed by atoms with Gasteiger partial charge in [-0.25, -0.2) is 5.43 Å². The van der Waals surface area contributed by atoms with E-state index in [1.807, 2.05) is 87.5 Å². The summed E-state index contributed by atoms with van der Waals surface area (Å²) in [5.41, 5.74) is 7.96. The number of hydrazone groups is 1. The second-order valence-corrected chi connectivity index (χ2v) is 8.89. The molecular weight excluding hydrogens is 476 g/mol. The van der Waals surface area contributed by atoms with Crippen LogP contribution in [0.5, 0.6) is 5.75 Å². The maximum Gasteiger partial charge on any atom is 0.251 e. The van der Waals surface area contributed by atoms with Crippen molar-refractivity contribution in [2.24, 2.45) is 5.10 Å². The summed E-state index contributed by atoms with van der Waals surface area (Å²) in [6.07, 6.45) is 1.69. The van der Waals surface area contributed by atoms with Crippen LogP contribution in [0.15, 0.2) is 96.1 Å². The SMILES string of the molecule is CCOc1ccc(-n2c(C)cc(/C=N\NC(=O)C[C@H](NC(=O)c3ccccc3)c3ccccc3)c2C)cc1. The van der Waals surface area contributed by atoms with Crippen LogP contribution < -0.4 is 15.5 Å². The molecule has 0 radical (unpaired) electrons. The van der Waals surface area contributed by atoms with E-state index in [2.05, 4.69) is 20.4 Å². The summed E-state index contributed by atoms with van der Waals surface area (Å²) in [5.74, 6) is 0.290. The number of nitrogens with one attached hydrogen (secondary N) is 2. The topological polar surface area (TPSA) is 84.7 Å². The zero-order valence-electron chi connectivity index (χ0n) is 21.8. The fourth-order valence-corrected chi connectivity index (χ4v) is 4.35. The number of carbonyl (C=O) groups excluding carboxylic acids is 2. The lowest BCUT2D eigenvalue weighted by atomic mass is 10.0. The van der Waals surface area contributed by atoms with Crippen molar-refractivity contribution in [2.45, 2.75) is 33.2 Å². The second-order valence-electron chi connectivity index (χ2n) is 8.89. The highest BCUT2D eigenvalue weighted by molar-refractivity contribution is 5.94.